The van der Waals surface area contributed by atoms with E-state index < -0.39 is 11.6 Å². The zero-order chi connectivity index (χ0) is 12.1. The highest BCUT2D eigenvalue weighted by molar-refractivity contribution is 9.09. The van der Waals surface area contributed by atoms with Crippen LogP contribution in [0.2, 0.25) is 0 Å². The zero-order valence-corrected chi connectivity index (χ0v) is 10.4. The summed E-state index contributed by atoms with van der Waals surface area (Å²) < 4.78 is 26.0. The number of hydrogen-bond donors (Lipinski definition) is 1. The van der Waals surface area contributed by atoms with Crippen LogP contribution in [0, 0.1) is 11.6 Å². The molecular weight excluding hydrogens is 280 g/mol. The van der Waals surface area contributed by atoms with Gasteiger partial charge >= 0.3 is 0 Å². The summed E-state index contributed by atoms with van der Waals surface area (Å²) in [4.78, 5) is 11.5. The van der Waals surface area contributed by atoms with E-state index in [1.165, 1.54) is 12.1 Å². The van der Waals surface area contributed by atoms with Gasteiger partial charge in [-0.2, -0.15) is 0 Å². The summed E-state index contributed by atoms with van der Waals surface area (Å²) in [7, 11) is 0. The third-order valence-corrected chi connectivity index (χ3v) is 2.29. The van der Waals surface area contributed by atoms with Crippen molar-refractivity contribution in [3.63, 3.8) is 0 Å². The van der Waals surface area contributed by atoms with Crippen molar-refractivity contribution in [3.8, 4) is 0 Å². The fraction of sp³-hybridized carbons (Fsp3) is 0.364. The second-order valence-electron chi connectivity index (χ2n) is 3.47. The van der Waals surface area contributed by atoms with Gasteiger partial charge in [0.2, 0.25) is 5.91 Å². The number of alkyl halides is 1. The molecule has 0 heterocycles. The fourth-order valence-electron chi connectivity index (χ4n) is 1.17. The highest BCUT2D eigenvalue weighted by Crippen LogP contribution is 2.11. The molecule has 0 aliphatic heterocycles. The summed E-state index contributed by atoms with van der Waals surface area (Å²) in [6.07, 6.45) is -0.149. The van der Waals surface area contributed by atoms with E-state index >= 15 is 0 Å². The minimum Gasteiger partial charge on any atom is -0.355 e. The molecule has 1 amide bonds. The van der Waals surface area contributed by atoms with Gasteiger partial charge in [-0.1, -0.05) is 35.0 Å². The predicted octanol–water partition coefficient (Wildman–Crippen LogP) is 2.41. The molecule has 1 aromatic carbocycles. The number of amides is 1. The molecule has 0 saturated heterocycles. The van der Waals surface area contributed by atoms with Crippen LogP contribution in [-0.4, -0.2) is 17.3 Å². The van der Waals surface area contributed by atoms with Crippen LogP contribution in [0.15, 0.2) is 18.2 Å². The largest absolute Gasteiger partial charge is 0.355 e. The minimum absolute atomic E-state index is 0.0692. The summed E-state index contributed by atoms with van der Waals surface area (Å²) >= 11 is 3.27. The van der Waals surface area contributed by atoms with E-state index in [0.29, 0.717) is 6.54 Å². The van der Waals surface area contributed by atoms with E-state index in [-0.39, 0.29) is 22.7 Å². The van der Waals surface area contributed by atoms with Gasteiger partial charge in [0.25, 0.3) is 0 Å². The topological polar surface area (TPSA) is 29.1 Å². The van der Waals surface area contributed by atoms with Crippen molar-refractivity contribution in [1.82, 2.24) is 5.32 Å². The third kappa shape index (κ3) is 3.89. The molecule has 88 valence electrons. The number of carbonyl (C=O) groups excluding carboxylic acids is 1. The Balaban J connectivity index is 2.59. The van der Waals surface area contributed by atoms with Crippen molar-refractivity contribution < 1.29 is 13.6 Å². The van der Waals surface area contributed by atoms with Crippen LogP contribution in [0.3, 0.4) is 0 Å². The zero-order valence-electron chi connectivity index (χ0n) is 8.77. The number of rotatable bonds is 4. The van der Waals surface area contributed by atoms with Gasteiger partial charge in [0.1, 0.15) is 0 Å². The van der Waals surface area contributed by atoms with Crippen LogP contribution in [0.1, 0.15) is 12.5 Å². The summed E-state index contributed by atoms with van der Waals surface area (Å²) in [6.45, 7) is 2.33. The van der Waals surface area contributed by atoms with Gasteiger partial charge in [-0.3, -0.25) is 4.79 Å². The first-order valence-electron chi connectivity index (χ1n) is 4.84. The van der Waals surface area contributed by atoms with Crippen LogP contribution in [0.4, 0.5) is 8.78 Å². The Morgan fingerprint density at radius 3 is 2.81 bits per heavy atom. The third-order valence-electron chi connectivity index (χ3n) is 1.96. The first-order chi connectivity index (χ1) is 7.50. The Morgan fingerprint density at radius 2 is 2.19 bits per heavy atom. The Morgan fingerprint density at radius 1 is 1.50 bits per heavy atom. The number of halogens is 3. The van der Waals surface area contributed by atoms with E-state index in [4.69, 9.17) is 0 Å². The van der Waals surface area contributed by atoms with E-state index in [2.05, 4.69) is 21.2 Å². The van der Waals surface area contributed by atoms with Crippen LogP contribution in [-0.2, 0) is 11.2 Å². The van der Waals surface area contributed by atoms with E-state index in [1.807, 2.05) is 6.92 Å². The van der Waals surface area contributed by atoms with Gasteiger partial charge in [-0.05, 0) is 6.07 Å². The van der Waals surface area contributed by atoms with Gasteiger partial charge < -0.3 is 5.32 Å². The molecule has 1 rings (SSSR count). The Bertz CT molecular complexity index is 382. The number of benzene rings is 1. The molecule has 0 spiro atoms. The normalized spacial score (nSPS) is 12.2. The molecule has 16 heavy (non-hydrogen) atoms. The van der Waals surface area contributed by atoms with Gasteiger partial charge in [0.15, 0.2) is 11.6 Å². The standard InChI is InChI=1S/C11H12BrF2NO/c1-7(12)6-15-10(16)5-8-3-2-4-9(13)11(8)14/h2-4,7H,5-6H2,1H3,(H,15,16). The molecule has 1 aromatic rings. The summed E-state index contributed by atoms with van der Waals surface area (Å²) in [6, 6.07) is 3.81. The van der Waals surface area contributed by atoms with Gasteiger partial charge in [0, 0.05) is 16.9 Å². The minimum atomic E-state index is -0.954. The summed E-state index contributed by atoms with van der Waals surface area (Å²) in [5, 5.41) is 2.60. The molecule has 1 N–H and O–H groups in total. The molecule has 0 aliphatic rings. The molecule has 0 bridgehead atoms. The van der Waals surface area contributed by atoms with Crippen molar-refractivity contribution in [2.24, 2.45) is 0 Å². The first kappa shape index (κ1) is 13.1. The van der Waals surface area contributed by atoms with E-state index in [0.717, 1.165) is 6.07 Å². The molecule has 0 aliphatic carbocycles. The van der Waals surface area contributed by atoms with Gasteiger partial charge in [-0.25, -0.2) is 8.78 Å². The van der Waals surface area contributed by atoms with Crippen molar-refractivity contribution in [1.29, 1.82) is 0 Å². The quantitative estimate of drug-likeness (QED) is 0.848. The highest BCUT2D eigenvalue weighted by Gasteiger charge is 2.11. The average molecular weight is 292 g/mol. The number of hydrogen-bond acceptors (Lipinski definition) is 1. The molecule has 1 atom stereocenters. The molecule has 0 fully saturated rings. The average Bonchev–Trinajstić information content (AvgIpc) is 2.22. The SMILES string of the molecule is CC(Br)CNC(=O)Cc1cccc(F)c1F. The molecule has 1 unspecified atom stereocenters. The van der Waals surface area contributed by atoms with Crippen LogP contribution in [0.25, 0.3) is 0 Å². The van der Waals surface area contributed by atoms with Crippen LogP contribution in [0.5, 0.6) is 0 Å². The van der Waals surface area contributed by atoms with Crippen molar-refractivity contribution in [2.45, 2.75) is 18.2 Å². The van der Waals surface area contributed by atoms with E-state index in [9.17, 15) is 13.6 Å². The second-order valence-corrected chi connectivity index (χ2v) is 5.04. The number of carbonyl (C=O) groups is 1. The second kappa shape index (κ2) is 5.94. The monoisotopic (exact) mass is 291 g/mol. The van der Waals surface area contributed by atoms with Crippen molar-refractivity contribution in [2.75, 3.05) is 6.54 Å². The van der Waals surface area contributed by atoms with Crippen LogP contribution >= 0.6 is 15.9 Å². The van der Waals surface area contributed by atoms with Crippen molar-refractivity contribution >= 4 is 21.8 Å². The Hall–Kier alpha value is -0.970. The first-order valence-corrected chi connectivity index (χ1v) is 5.76. The highest BCUT2D eigenvalue weighted by atomic mass is 79.9. The summed E-state index contributed by atoms with van der Waals surface area (Å²) in [5.41, 5.74) is 0.0692. The molecule has 0 radical (unpaired) electrons. The molecule has 0 saturated carbocycles. The Labute approximate surface area is 101 Å². The molecule has 0 aromatic heterocycles. The van der Waals surface area contributed by atoms with E-state index in [1.54, 1.807) is 0 Å². The maximum absolute atomic E-state index is 13.2. The lowest BCUT2D eigenvalue weighted by Crippen LogP contribution is -2.30. The lowest BCUT2D eigenvalue weighted by Gasteiger charge is -2.07. The lowest BCUT2D eigenvalue weighted by atomic mass is 10.1. The maximum atomic E-state index is 13.2. The van der Waals surface area contributed by atoms with Gasteiger partial charge in [0.05, 0.1) is 6.42 Å². The summed E-state index contributed by atoms with van der Waals surface area (Å²) in [5.74, 6) is -2.21. The lowest BCUT2D eigenvalue weighted by molar-refractivity contribution is -0.120. The smallest absolute Gasteiger partial charge is 0.224 e. The molecular formula is C11H12BrF2NO. The predicted molar refractivity (Wildman–Crippen MR) is 61.5 cm³/mol. The van der Waals surface area contributed by atoms with Crippen molar-refractivity contribution in [3.05, 3.63) is 35.4 Å². The fourth-order valence-corrected chi connectivity index (χ4v) is 1.34. The number of nitrogens with one attached hydrogen (secondary N) is 1. The van der Waals surface area contributed by atoms with Gasteiger partial charge in [-0.15, -0.1) is 0 Å². The van der Waals surface area contributed by atoms with Crippen LogP contribution < -0.4 is 5.32 Å². The molecule has 2 nitrogen and oxygen atoms in total. The maximum Gasteiger partial charge on any atom is 0.224 e. The molecule has 5 heteroatoms. The Kier molecular flexibility index (Phi) is 4.86.